The van der Waals surface area contributed by atoms with E-state index >= 15 is 0 Å². The number of nitrogens with zero attached hydrogens (tertiary/aromatic N) is 2. The fraction of sp³-hybridized carbons (Fsp3) is 0.846. The minimum atomic E-state index is -0.365. The third-order valence-corrected chi connectivity index (χ3v) is 4.11. The molecule has 1 aliphatic heterocycles. The molecule has 1 rings (SSSR count). The minimum absolute atomic E-state index is 0.0902. The Morgan fingerprint density at radius 2 is 1.67 bits per heavy atom. The number of likely N-dealkylation sites (N-methyl/N-ethyl adjacent to an activating group) is 1. The van der Waals surface area contributed by atoms with Crippen molar-refractivity contribution in [2.24, 2.45) is 11.3 Å². The molecule has 18 heavy (non-hydrogen) atoms. The van der Waals surface area contributed by atoms with Crippen LogP contribution in [0, 0.1) is 11.3 Å². The van der Waals surface area contributed by atoms with E-state index in [1.807, 2.05) is 6.92 Å². The van der Waals surface area contributed by atoms with Gasteiger partial charge in [0.2, 0.25) is 0 Å². The summed E-state index contributed by atoms with van der Waals surface area (Å²) in [5.74, 6) is 0.291. The maximum absolute atomic E-state index is 12.0. The monoisotopic (exact) mass is 272 g/mol. The first-order valence-electron chi connectivity index (χ1n) is 6.50. The van der Waals surface area contributed by atoms with E-state index in [0.29, 0.717) is 32.1 Å². The summed E-state index contributed by atoms with van der Waals surface area (Å²) >= 11 is 4.36. The molecule has 0 spiro atoms. The Bertz CT molecular complexity index is 325. The molecule has 1 atom stereocenters. The number of amides is 2. The van der Waals surface area contributed by atoms with Gasteiger partial charge in [-0.1, -0.05) is 20.8 Å². The molecule has 0 aromatic carbocycles. The zero-order valence-electron chi connectivity index (χ0n) is 11.8. The Hall–Kier alpha value is -0.710. The number of carbonyl (C=O) groups is 2. The zero-order valence-corrected chi connectivity index (χ0v) is 12.7. The number of carbonyl (C=O) groups excluding carboxylic acids is 2. The summed E-state index contributed by atoms with van der Waals surface area (Å²) in [7, 11) is 0. The normalized spacial score (nSPS) is 19.4. The highest BCUT2D eigenvalue weighted by atomic mass is 32.1. The summed E-state index contributed by atoms with van der Waals surface area (Å²) < 4.78 is 0. The van der Waals surface area contributed by atoms with Gasteiger partial charge in [-0.2, -0.15) is 12.6 Å². The molecule has 1 heterocycles. The predicted octanol–water partition coefficient (Wildman–Crippen LogP) is 1.27. The lowest BCUT2D eigenvalue weighted by atomic mass is 9.81. The van der Waals surface area contributed by atoms with Gasteiger partial charge >= 0.3 is 11.8 Å². The van der Waals surface area contributed by atoms with Gasteiger partial charge in [0, 0.05) is 26.2 Å². The fourth-order valence-corrected chi connectivity index (χ4v) is 2.73. The minimum Gasteiger partial charge on any atom is -0.333 e. The van der Waals surface area contributed by atoms with E-state index < -0.39 is 0 Å². The molecule has 0 saturated carbocycles. The van der Waals surface area contributed by atoms with E-state index in [0.717, 1.165) is 5.75 Å². The van der Waals surface area contributed by atoms with Crippen LogP contribution in [0.5, 0.6) is 0 Å². The van der Waals surface area contributed by atoms with Crippen LogP contribution in [0.4, 0.5) is 0 Å². The van der Waals surface area contributed by atoms with Crippen molar-refractivity contribution in [3.8, 4) is 0 Å². The van der Waals surface area contributed by atoms with Gasteiger partial charge in [-0.05, 0) is 24.0 Å². The van der Waals surface area contributed by atoms with Gasteiger partial charge in [0.05, 0.1) is 0 Å². The largest absolute Gasteiger partial charge is 0.333 e. The number of hydrogen-bond acceptors (Lipinski definition) is 3. The average Bonchev–Trinajstić information content (AvgIpc) is 2.29. The van der Waals surface area contributed by atoms with Crippen LogP contribution in [-0.2, 0) is 9.59 Å². The summed E-state index contributed by atoms with van der Waals surface area (Å²) in [4.78, 5) is 27.1. The molecule has 104 valence electrons. The van der Waals surface area contributed by atoms with Gasteiger partial charge in [-0.3, -0.25) is 9.59 Å². The van der Waals surface area contributed by atoms with Crippen LogP contribution < -0.4 is 0 Å². The fourth-order valence-electron chi connectivity index (χ4n) is 2.06. The molecule has 1 fully saturated rings. The Morgan fingerprint density at radius 1 is 1.17 bits per heavy atom. The van der Waals surface area contributed by atoms with Crippen LogP contribution in [0.25, 0.3) is 0 Å². The number of hydrogen-bond donors (Lipinski definition) is 1. The summed E-state index contributed by atoms with van der Waals surface area (Å²) in [6.07, 6.45) is 0. The van der Waals surface area contributed by atoms with E-state index in [1.165, 1.54) is 0 Å². The second-order valence-corrected chi connectivity index (χ2v) is 6.25. The molecule has 4 nitrogen and oxygen atoms in total. The first-order chi connectivity index (χ1) is 8.31. The highest BCUT2D eigenvalue weighted by Gasteiger charge is 2.34. The van der Waals surface area contributed by atoms with E-state index in [-0.39, 0.29) is 17.2 Å². The van der Waals surface area contributed by atoms with Crippen LogP contribution in [0.2, 0.25) is 0 Å². The summed E-state index contributed by atoms with van der Waals surface area (Å²) in [6.45, 7) is 10.8. The molecular weight excluding hydrogens is 248 g/mol. The Kier molecular flexibility index (Phi) is 5.08. The molecule has 0 N–H and O–H groups in total. The lowest BCUT2D eigenvalue weighted by molar-refractivity contribution is -0.156. The van der Waals surface area contributed by atoms with E-state index in [9.17, 15) is 9.59 Å². The third kappa shape index (κ3) is 3.40. The Morgan fingerprint density at radius 3 is 2.11 bits per heavy atom. The highest BCUT2D eigenvalue weighted by Crippen LogP contribution is 2.28. The van der Waals surface area contributed by atoms with E-state index in [1.54, 1.807) is 9.80 Å². The van der Waals surface area contributed by atoms with Crippen LogP contribution in [0.1, 0.15) is 27.7 Å². The van der Waals surface area contributed by atoms with Crippen molar-refractivity contribution in [1.29, 1.82) is 0 Å². The molecule has 1 saturated heterocycles. The van der Waals surface area contributed by atoms with Gasteiger partial charge in [-0.15, -0.1) is 0 Å². The lowest BCUT2D eigenvalue weighted by Crippen LogP contribution is -2.55. The Balaban J connectivity index is 2.69. The summed E-state index contributed by atoms with van der Waals surface area (Å²) in [5, 5.41) is 0. The number of rotatable bonds is 4. The van der Waals surface area contributed by atoms with Gasteiger partial charge in [0.15, 0.2) is 0 Å². The van der Waals surface area contributed by atoms with Crippen LogP contribution in [0.15, 0.2) is 0 Å². The molecule has 1 unspecified atom stereocenters. The maximum atomic E-state index is 12.0. The van der Waals surface area contributed by atoms with Gasteiger partial charge in [-0.25, -0.2) is 0 Å². The maximum Gasteiger partial charge on any atom is 0.312 e. The molecule has 0 radical (unpaired) electrons. The SMILES string of the molecule is CCN1CCN(CC(CS)C(C)(C)C)C(=O)C1=O. The van der Waals surface area contributed by atoms with Crippen molar-refractivity contribution in [3.63, 3.8) is 0 Å². The molecule has 0 bridgehead atoms. The summed E-state index contributed by atoms with van der Waals surface area (Å²) in [6, 6.07) is 0. The van der Waals surface area contributed by atoms with Crippen molar-refractivity contribution in [2.45, 2.75) is 27.7 Å². The predicted molar refractivity (Wildman–Crippen MR) is 75.6 cm³/mol. The molecule has 5 heteroatoms. The van der Waals surface area contributed by atoms with Crippen molar-refractivity contribution < 1.29 is 9.59 Å². The third-order valence-electron chi connectivity index (χ3n) is 3.66. The van der Waals surface area contributed by atoms with Gasteiger partial charge in [0.25, 0.3) is 0 Å². The standard InChI is InChI=1S/C13H24N2O2S/c1-5-14-6-7-15(12(17)11(14)16)8-10(9-18)13(2,3)4/h10,18H,5-9H2,1-4H3. The molecule has 0 aromatic heterocycles. The second-order valence-electron chi connectivity index (χ2n) is 5.88. The van der Waals surface area contributed by atoms with Crippen LogP contribution in [-0.4, -0.2) is 53.5 Å². The molecular formula is C13H24N2O2S. The second kappa shape index (κ2) is 5.95. The van der Waals surface area contributed by atoms with Crippen molar-refractivity contribution >= 4 is 24.4 Å². The molecule has 1 aliphatic rings. The zero-order chi connectivity index (χ0) is 13.9. The van der Waals surface area contributed by atoms with Gasteiger partial charge in [0.1, 0.15) is 0 Å². The number of thiol groups is 1. The average molecular weight is 272 g/mol. The van der Waals surface area contributed by atoms with Crippen molar-refractivity contribution in [3.05, 3.63) is 0 Å². The smallest absolute Gasteiger partial charge is 0.312 e. The Labute approximate surface area is 115 Å². The van der Waals surface area contributed by atoms with E-state index in [2.05, 4.69) is 33.4 Å². The van der Waals surface area contributed by atoms with Crippen LogP contribution >= 0.6 is 12.6 Å². The van der Waals surface area contributed by atoms with Crippen molar-refractivity contribution in [2.75, 3.05) is 31.9 Å². The summed E-state index contributed by atoms with van der Waals surface area (Å²) in [5.41, 5.74) is 0.0902. The highest BCUT2D eigenvalue weighted by molar-refractivity contribution is 7.80. The van der Waals surface area contributed by atoms with Crippen molar-refractivity contribution in [1.82, 2.24) is 9.80 Å². The van der Waals surface area contributed by atoms with E-state index in [4.69, 9.17) is 0 Å². The topological polar surface area (TPSA) is 40.6 Å². The lowest BCUT2D eigenvalue weighted by Gasteiger charge is -2.38. The first-order valence-corrected chi connectivity index (χ1v) is 7.13. The number of piperazine rings is 1. The van der Waals surface area contributed by atoms with Crippen LogP contribution in [0.3, 0.4) is 0 Å². The molecule has 0 aromatic rings. The first kappa shape index (κ1) is 15.3. The molecule has 2 amide bonds. The van der Waals surface area contributed by atoms with Gasteiger partial charge < -0.3 is 9.80 Å². The molecule has 0 aliphatic carbocycles. The quantitative estimate of drug-likeness (QED) is 0.618.